The first-order valence-corrected chi connectivity index (χ1v) is 7.86. The SMILES string of the molecule is Fc1cccc(F)c1C1CCNCC1c1cccc(Br)c1. The lowest BCUT2D eigenvalue weighted by atomic mass is 9.77. The van der Waals surface area contributed by atoms with Gasteiger partial charge in [0.25, 0.3) is 0 Å². The van der Waals surface area contributed by atoms with Gasteiger partial charge in [-0.1, -0.05) is 34.1 Å². The standard InChI is InChI=1S/C17H16BrF2N/c18-12-4-1-3-11(9-12)14-10-21-8-7-13(14)17-15(19)5-2-6-16(17)20/h1-6,9,13-14,21H,7-8,10H2. The normalized spacial score (nSPS) is 22.2. The van der Waals surface area contributed by atoms with Gasteiger partial charge < -0.3 is 5.32 Å². The summed E-state index contributed by atoms with van der Waals surface area (Å²) in [4.78, 5) is 0. The third kappa shape index (κ3) is 3.01. The van der Waals surface area contributed by atoms with Gasteiger partial charge in [0.2, 0.25) is 0 Å². The molecule has 1 saturated heterocycles. The molecule has 0 spiro atoms. The Morgan fingerprint density at radius 3 is 2.43 bits per heavy atom. The van der Waals surface area contributed by atoms with Crippen LogP contribution in [0.25, 0.3) is 0 Å². The number of rotatable bonds is 2. The number of nitrogens with one attached hydrogen (secondary N) is 1. The molecule has 3 rings (SSSR count). The molecule has 1 aliphatic heterocycles. The van der Waals surface area contributed by atoms with Crippen molar-refractivity contribution in [2.24, 2.45) is 0 Å². The zero-order chi connectivity index (χ0) is 14.8. The molecule has 2 unspecified atom stereocenters. The Labute approximate surface area is 131 Å². The highest BCUT2D eigenvalue weighted by Gasteiger charge is 2.31. The minimum Gasteiger partial charge on any atom is -0.316 e. The van der Waals surface area contributed by atoms with Gasteiger partial charge in [-0.2, -0.15) is 0 Å². The molecule has 1 aliphatic rings. The van der Waals surface area contributed by atoms with Gasteiger partial charge in [-0.15, -0.1) is 0 Å². The molecule has 1 fully saturated rings. The van der Waals surface area contributed by atoms with Crippen LogP contribution in [0.2, 0.25) is 0 Å². The molecule has 0 bridgehead atoms. The van der Waals surface area contributed by atoms with E-state index in [1.807, 2.05) is 24.3 Å². The molecule has 21 heavy (non-hydrogen) atoms. The van der Waals surface area contributed by atoms with E-state index in [9.17, 15) is 8.78 Å². The first kappa shape index (κ1) is 14.7. The topological polar surface area (TPSA) is 12.0 Å². The van der Waals surface area contributed by atoms with E-state index in [1.54, 1.807) is 0 Å². The molecule has 0 aliphatic carbocycles. The van der Waals surface area contributed by atoms with Crippen LogP contribution in [0.15, 0.2) is 46.9 Å². The maximum absolute atomic E-state index is 14.1. The first-order chi connectivity index (χ1) is 10.2. The summed E-state index contributed by atoms with van der Waals surface area (Å²) in [5, 5.41) is 3.33. The van der Waals surface area contributed by atoms with Gasteiger partial charge in [-0.05, 0) is 48.7 Å². The molecule has 2 atom stereocenters. The van der Waals surface area contributed by atoms with Crippen molar-refractivity contribution in [2.45, 2.75) is 18.3 Å². The third-order valence-electron chi connectivity index (χ3n) is 4.13. The van der Waals surface area contributed by atoms with Gasteiger partial charge >= 0.3 is 0 Å². The quantitative estimate of drug-likeness (QED) is 0.834. The van der Waals surface area contributed by atoms with E-state index in [4.69, 9.17) is 0 Å². The van der Waals surface area contributed by atoms with Gasteiger partial charge in [0.15, 0.2) is 0 Å². The largest absolute Gasteiger partial charge is 0.316 e. The van der Waals surface area contributed by atoms with Crippen LogP contribution >= 0.6 is 15.9 Å². The van der Waals surface area contributed by atoms with Crippen molar-refractivity contribution in [3.05, 3.63) is 69.7 Å². The molecular formula is C17H16BrF2N. The van der Waals surface area contributed by atoms with Gasteiger partial charge in [0, 0.05) is 22.5 Å². The van der Waals surface area contributed by atoms with Crippen LogP contribution in [0, 0.1) is 11.6 Å². The van der Waals surface area contributed by atoms with Crippen molar-refractivity contribution >= 4 is 15.9 Å². The van der Waals surface area contributed by atoms with Crippen LogP contribution in [0.3, 0.4) is 0 Å². The Morgan fingerprint density at radius 1 is 1.00 bits per heavy atom. The average Bonchev–Trinajstić information content (AvgIpc) is 2.47. The highest BCUT2D eigenvalue weighted by molar-refractivity contribution is 9.10. The second-order valence-electron chi connectivity index (χ2n) is 5.40. The lowest BCUT2D eigenvalue weighted by Gasteiger charge is -2.33. The lowest BCUT2D eigenvalue weighted by molar-refractivity contribution is 0.380. The fourth-order valence-corrected chi connectivity index (χ4v) is 3.57. The van der Waals surface area contributed by atoms with Crippen LogP contribution in [-0.2, 0) is 0 Å². The van der Waals surface area contributed by atoms with E-state index >= 15 is 0 Å². The summed E-state index contributed by atoms with van der Waals surface area (Å²) in [6.07, 6.45) is 0.731. The fraction of sp³-hybridized carbons (Fsp3) is 0.294. The molecule has 1 nitrogen and oxygen atoms in total. The fourth-order valence-electron chi connectivity index (χ4n) is 3.16. The van der Waals surface area contributed by atoms with E-state index in [-0.39, 0.29) is 17.4 Å². The summed E-state index contributed by atoms with van der Waals surface area (Å²) in [5.41, 5.74) is 1.33. The molecule has 2 aromatic rings. The van der Waals surface area contributed by atoms with Crippen molar-refractivity contribution in [1.82, 2.24) is 5.32 Å². The Hall–Kier alpha value is -1.26. The molecule has 0 saturated carbocycles. The Bertz CT molecular complexity index is 624. The number of hydrogen-bond donors (Lipinski definition) is 1. The van der Waals surface area contributed by atoms with Crippen LogP contribution in [0.4, 0.5) is 8.78 Å². The summed E-state index contributed by atoms with van der Waals surface area (Å²) >= 11 is 3.47. The van der Waals surface area contributed by atoms with E-state index in [0.717, 1.165) is 29.5 Å². The van der Waals surface area contributed by atoms with Crippen molar-refractivity contribution in [3.8, 4) is 0 Å². The first-order valence-electron chi connectivity index (χ1n) is 7.07. The molecule has 0 radical (unpaired) electrons. The van der Waals surface area contributed by atoms with E-state index in [1.165, 1.54) is 18.2 Å². The highest BCUT2D eigenvalue weighted by atomic mass is 79.9. The second-order valence-corrected chi connectivity index (χ2v) is 6.31. The molecule has 4 heteroatoms. The lowest BCUT2D eigenvalue weighted by Crippen LogP contribution is -2.34. The summed E-state index contributed by atoms with van der Waals surface area (Å²) in [5.74, 6) is -0.951. The van der Waals surface area contributed by atoms with Crippen molar-refractivity contribution in [1.29, 1.82) is 0 Å². The number of benzene rings is 2. The van der Waals surface area contributed by atoms with Crippen molar-refractivity contribution in [2.75, 3.05) is 13.1 Å². The smallest absolute Gasteiger partial charge is 0.129 e. The molecular weight excluding hydrogens is 336 g/mol. The van der Waals surface area contributed by atoms with Gasteiger partial charge in [0.1, 0.15) is 11.6 Å². The number of piperidine rings is 1. The molecule has 1 heterocycles. The number of hydrogen-bond acceptors (Lipinski definition) is 1. The molecule has 2 aromatic carbocycles. The molecule has 1 N–H and O–H groups in total. The zero-order valence-electron chi connectivity index (χ0n) is 11.5. The minimum absolute atomic E-state index is 0.0719. The zero-order valence-corrected chi connectivity index (χ0v) is 13.0. The maximum Gasteiger partial charge on any atom is 0.129 e. The third-order valence-corrected chi connectivity index (χ3v) is 4.62. The summed E-state index contributed by atoms with van der Waals surface area (Å²) in [6.45, 7) is 1.51. The highest BCUT2D eigenvalue weighted by Crippen LogP contribution is 2.40. The van der Waals surface area contributed by atoms with E-state index < -0.39 is 11.6 Å². The van der Waals surface area contributed by atoms with Crippen LogP contribution in [0.1, 0.15) is 29.4 Å². The predicted octanol–water partition coefficient (Wildman–Crippen LogP) is 4.59. The second kappa shape index (κ2) is 6.24. The van der Waals surface area contributed by atoms with Crippen molar-refractivity contribution < 1.29 is 8.78 Å². The van der Waals surface area contributed by atoms with Crippen LogP contribution < -0.4 is 5.32 Å². The summed E-state index contributed by atoms with van der Waals surface area (Å²) in [7, 11) is 0. The Kier molecular flexibility index (Phi) is 4.36. The molecule has 110 valence electrons. The predicted molar refractivity (Wildman–Crippen MR) is 83.5 cm³/mol. The summed E-state index contributed by atoms with van der Waals surface area (Å²) < 4.78 is 29.3. The number of halogens is 3. The average molecular weight is 352 g/mol. The van der Waals surface area contributed by atoms with Gasteiger partial charge in [0.05, 0.1) is 0 Å². The minimum atomic E-state index is -0.443. The Morgan fingerprint density at radius 2 is 1.71 bits per heavy atom. The monoisotopic (exact) mass is 351 g/mol. The van der Waals surface area contributed by atoms with Crippen molar-refractivity contribution in [3.63, 3.8) is 0 Å². The van der Waals surface area contributed by atoms with Gasteiger partial charge in [-0.3, -0.25) is 0 Å². The Balaban J connectivity index is 2.02. The summed E-state index contributed by atoms with van der Waals surface area (Å²) in [6, 6.07) is 12.1. The molecule has 0 aromatic heterocycles. The van der Waals surface area contributed by atoms with E-state index in [2.05, 4.69) is 21.2 Å². The maximum atomic E-state index is 14.1. The van der Waals surface area contributed by atoms with Gasteiger partial charge in [-0.25, -0.2) is 8.78 Å². The van der Waals surface area contributed by atoms with E-state index in [0.29, 0.717) is 0 Å². The van der Waals surface area contributed by atoms with Crippen LogP contribution in [0.5, 0.6) is 0 Å². The molecule has 0 amide bonds. The van der Waals surface area contributed by atoms with Crippen LogP contribution in [-0.4, -0.2) is 13.1 Å².